The molecule has 0 aromatic heterocycles. The van der Waals surface area contributed by atoms with Crippen molar-refractivity contribution < 1.29 is 23.1 Å². The topological polar surface area (TPSA) is 46.6 Å². The second kappa shape index (κ2) is 7.71. The normalized spacial score (nSPS) is 10.6. The molecular formula is C15H19F2NO3. The minimum absolute atomic E-state index is 0.0542. The largest absolute Gasteiger partial charge is 0.469 e. The van der Waals surface area contributed by atoms with E-state index in [2.05, 4.69) is 4.74 Å². The SMILES string of the molecule is COC(=O)CCN(CC(C)C)C(=O)c1ccc(F)c(F)c1. The van der Waals surface area contributed by atoms with E-state index in [4.69, 9.17) is 0 Å². The molecule has 1 aromatic rings. The van der Waals surface area contributed by atoms with Crippen LogP contribution in [0.25, 0.3) is 0 Å². The summed E-state index contributed by atoms with van der Waals surface area (Å²) in [4.78, 5) is 25.0. The first-order valence-corrected chi connectivity index (χ1v) is 6.66. The molecule has 0 N–H and O–H groups in total. The van der Waals surface area contributed by atoms with Crippen molar-refractivity contribution in [2.45, 2.75) is 20.3 Å². The minimum Gasteiger partial charge on any atom is -0.469 e. The molecule has 0 heterocycles. The van der Waals surface area contributed by atoms with Crippen LogP contribution in [0.5, 0.6) is 0 Å². The van der Waals surface area contributed by atoms with Crippen LogP contribution in [0.4, 0.5) is 8.78 Å². The van der Waals surface area contributed by atoms with E-state index in [1.54, 1.807) is 0 Å². The van der Waals surface area contributed by atoms with Crippen molar-refractivity contribution in [2.75, 3.05) is 20.2 Å². The van der Waals surface area contributed by atoms with Gasteiger partial charge in [-0.2, -0.15) is 0 Å². The molecule has 0 aliphatic heterocycles. The van der Waals surface area contributed by atoms with Gasteiger partial charge in [0.25, 0.3) is 5.91 Å². The third-order valence-electron chi connectivity index (χ3n) is 2.85. The quantitative estimate of drug-likeness (QED) is 0.759. The van der Waals surface area contributed by atoms with Crippen molar-refractivity contribution in [3.8, 4) is 0 Å². The number of carbonyl (C=O) groups is 2. The molecule has 0 aliphatic rings. The Balaban J connectivity index is 2.87. The summed E-state index contributed by atoms with van der Waals surface area (Å²) >= 11 is 0. The van der Waals surface area contributed by atoms with Crippen molar-refractivity contribution >= 4 is 11.9 Å². The Hall–Kier alpha value is -1.98. The van der Waals surface area contributed by atoms with E-state index in [9.17, 15) is 18.4 Å². The van der Waals surface area contributed by atoms with Crippen LogP contribution < -0.4 is 0 Å². The monoisotopic (exact) mass is 299 g/mol. The van der Waals surface area contributed by atoms with Crippen LogP contribution in [-0.2, 0) is 9.53 Å². The number of hydrogen-bond acceptors (Lipinski definition) is 3. The average Bonchev–Trinajstić information content (AvgIpc) is 2.44. The first-order chi connectivity index (χ1) is 9.85. The predicted molar refractivity (Wildman–Crippen MR) is 73.7 cm³/mol. The second-order valence-corrected chi connectivity index (χ2v) is 5.10. The molecule has 0 radical (unpaired) electrons. The number of benzene rings is 1. The Labute approximate surface area is 122 Å². The Morgan fingerprint density at radius 1 is 1.24 bits per heavy atom. The van der Waals surface area contributed by atoms with Gasteiger partial charge in [0, 0.05) is 18.7 Å². The number of halogens is 2. The highest BCUT2D eigenvalue weighted by molar-refractivity contribution is 5.94. The van der Waals surface area contributed by atoms with Crippen molar-refractivity contribution in [2.24, 2.45) is 5.92 Å². The zero-order valence-corrected chi connectivity index (χ0v) is 12.4. The molecule has 0 spiro atoms. The average molecular weight is 299 g/mol. The molecule has 4 nitrogen and oxygen atoms in total. The van der Waals surface area contributed by atoms with Crippen LogP contribution in [0.3, 0.4) is 0 Å². The zero-order chi connectivity index (χ0) is 16.0. The molecule has 0 saturated carbocycles. The minimum atomic E-state index is -1.07. The summed E-state index contributed by atoms with van der Waals surface area (Å²) in [6.07, 6.45) is 0.0542. The van der Waals surface area contributed by atoms with E-state index < -0.39 is 23.5 Å². The van der Waals surface area contributed by atoms with Gasteiger partial charge in [-0.05, 0) is 24.1 Å². The molecule has 6 heteroatoms. The smallest absolute Gasteiger partial charge is 0.307 e. The Morgan fingerprint density at radius 2 is 1.90 bits per heavy atom. The maximum atomic E-state index is 13.2. The molecule has 1 aromatic carbocycles. The molecule has 0 saturated heterocycles. The van der Waals surface area contributed by atoms with Gasteiger partial charge in [-0.3, -0.25) is 9.59 Å². The van der Waals surface area contributed by atoms with Gasteiger partial charge in [-0.25, -0.2) is 8.78 Å². The second-order valence-electron chi connectivity index (χ2n) is 5.10. The molecule has 0 unspecified atom stereocenters. The van der Waals surface area contributed by atoms with Crippen molar-refractivity contribution in [3.05, 3.63) is 35.4 Å². The summed E-state index contributed by atoms with van der Waals surface area (Å²) in [5.74, 6) is -2.76. The summed E-state index contributed by atoms with van der Waals surface area (Å²) in [5.41, 5.74) is 0.0550. The summed E-state index contributed by atoms with van der Waals surface area (Å²) in [7, 11) is 1.27. The number of esters is 1. The molecule has 0 aliphatic carbocycles. The number of rotatable bonds is 6. The number of carbonyl (C=O) groups excluding carboxylic acids is 2. The lowest BCUT2D eigenvalue weighted by molar-refractivity contribution is -0.140. The van der Waals surface area contributed by atoms with Gasteiger partial charge in [0.05, 0.1) is 13.5 Å². The lowest BCUT2D eigenvalue weighted by atomic mass is 10.1. The van der Waals surface area contributed by atoms with Crippen LogP contribution in [0.1, 0.15) is 30.6 Å². The number of ether oxygens (including phenoxy) is 1. The van der Waals surface area contributed by atoms with Crippen LogP contribution in [-0.4, -0.2) is 37.0 Å². The number of hydrogen-bond donors (Lipinski definition) is 0. The van der Waals surface area contributed by atoms with Gasteiger partial charge >= 0.3 is 5.97 Å². The molecule has 1 amide bonds. The standard InChI is InChI=1S/C15H19F2NO3/c1-10(2)9-18(7-6-14(19)21-3)15(20)11-4-5-12(16)13(17)8-11/h4-5,8,10H,6-7,9H2,1-3H3. The van der Waals surface area contributed by atoms with Crippen LogP contribution in [0, 0.1) is 17.6 Å². The van der Waals surface area contributed by atoms with Gasteiger partial charge < -0.3 is 9.64 Å². The zero-order valence-electron chi connectivity index (χ0n) is 12.4. The van der Waals surface area contributed by atoms with Gasteiger partial charge in [0.2, 0.25) is 0 Å². The van der Waals surface area contributed by atoms with E-state index in [0.29, 0.717) is 6.54 Å². The Morgan fingerprint density at radius 3 is 2.43 bits per heavy atom. The first-order valence-electron chi connectivity index (χ1n) is 6.66. The van der Waals surface area contributed by atoms with Crippen molar-refractivity contribution in [3.63, 3.8) is 0 Å². The fraction of sp³-hybridized carbons (Fsp3) is 0.467. The Kier molecular flexibility index (Phi) is 6.27. The predicted octanol–water partition coefficient (Wildman–Crippen LogP) is 2.63. The third-order valence-corrected chi connectivity index (χ3v) is 2.85. The molecule has 1 rings (SSSR count). The molecule has 0 fully saturated rings. The fourth-order valence-electron chi connectivity index (χ4n) is 1.86. The third kappa shape index (κ3) is 5.13. The maximum Gasteiger partial charge on any atom is 0.307 e. The molecule has 116 valence electrons. The maximum absolute atomic E-state index is 13.2. The van der Waals surface area contributed by atoms with E-state index >= 15 is 0 Å². The highest BCUT2D eigenvalue weighted by atomic mass is 19.2. The fourth-order valence-corrected chi connectivity index (χ4v) is 1.86. The summed E-state index contributed by atoms with van der Waals surface area (Å²) in [6.45, 7) is 4.42. The van der Waals surface area contributed by atoms with Crippen LogP contribution >= 0.6 is 0 Å². The van der Waals surface area contributed by atoms with E-state index in [0.717, 1.165) is 12.1 Å². The van der Waals surface area contributed by atoms with Crippen LogP contribution in [0.15, 0.2) is 18.2 Å². The summed E-state index contributed by atoms with van der Waals surface area (Å²) in [5, 5.41) is 0. The van der Waals surface area contributed by atoms with E-state index in [1.165, 1.54) is 18.1 Å². The lowest BCUT2D eigenvalue weighted by Gasteiger charge is -2.24. The van der Waals surface area contributed by atoms with Crippen molar-refractivity contribution in [1.82, 2.24) is 4.90 Å². The molecule has 0 atom stereocenters. The van der Waals surface area contributed by atoms with E-state index in [-0.39, 0.29) is 24.4 Å². The van der Waals surface area contributed by atoms with Gasteiger partial charge in [0.1, 0.15) is 0 Å². The van der Waals surface area contributed by atoms with Crippen molar-refractivity contribution in [1.29, 1.82) is 0 Å². The summed E-state index contributed by atoms with van der Waals surface area (Å²) < 4.78 is 30.7. The molecule has 21 heavy (non-hydrogen) atoms. The number of amides is 1. The summed E-state index contributed by atoms with van der Waals surface area (Å²) in [6, 6.07) is 3.01. The molecule has 0 bridgehead atoms. The highest BCUT2D eigenvalue weighted by Crippen LogP contribution is 2.13. The number of methoxy groups -OCH3 is 1. The Bertz CT molecular complexity index is 518. The van der Waals surface area contributed by atoms with Crippen LogP contribution in [0.2, 0.25) is 0 Å². The van der Waals surface area contributed by atoms with E-state index in [1.807, 2.05) is 13.8 Å². The van der Waals surface area contributed by atoms with Gasteiger partial charge in [0.15, 0.2) is 11.6 Å². The molecular weight excluding hydrogens is 280 g/mol. The first kappa shape index (κ1) is 17.1. The van der Waals surface area contributed by atoms with Gasteiger partial charge in [-0.1, -0.05) is 13.8 Å². The number of nitrogens with zero attached hydrogens (tertiary/aromatic N) is 1. The highest BCUT2D eigenvalue weighted by Gasteiger charge is 2.19. The lowest BCUT2D eigenvalue weighted by Crippen LogP contribution is -2.36. The van der Waals surface area contributed by atoms with Gasteiger partial charge in [-0.15, -0.1) is 0 Å².